The van der Waals surface area contributed by atoms with Crippen LogP contribution in [0.5, 0.6) is 0 Å². The molecule has 5 nitrogen and oxygen atoms in total. The number of likely N-dealkylation sites (tertiary alicyclic amines) is 1. The molecular formula is C24H31N3O2. The topological polar surface area (TPSA) is 52.7 Å². The van der Waals surface area contributed by atoms with Crippen LogP contribution in [0.4, 0.5) is 0 Å². The largest absolute Gasteiger partial charge is 0.355 e. The lowest BCUT2D eigenvalue weighted by atomic mass is 9.88. The fourth-order valence-corrected chi connectivity index (χ4v) is 3.86. The van der Waals surface area contributed by atoms with Crippen LogP contribution in [-0.2, 0) is 9.59 Å². The minimum Gasteiger partial charge on any atom is -0.355 e. The minimum absolute atomic E-state index is 0.00638. The summed E-state index contributed by atoms with van der Waals surface area (Å²) in [5.74, 6) is -0.0773. The van der Waals surface area contributed by atoms with Gasteiger partial charge in [-0.15, -0.1) is 0 Å². The average Bonchev–Trinajstić information content (AvgIpc) is 2.75. The van der Waals surface area contributed by atoms with Crippen molar-refractivity contribution < 1.29 is 9.59 Å². The highest BCUT2D eigenvalue weighted by molar-refractivity contribution is 5.87. The lowest BCUT2D eigenvalue weighted by molar-refractivity contribution is -0.136. The number of piperidine rings is 1. The average molecular weight is 394 g/mol. The molecule has 2 aromatic carbocycles. The van der Waals surface area contributed by atoms with Gasteiger partial charge in [0.1, 0.15) is 0 Å². The zero-order valence-corrected chi connectivity index (χ0v) is 17.4. The van der Waals surface area contributed by atoms with E-state index in [4.69, 9.17) is 0 Å². The predicted octanol–water partition coefficient (Wildman–Crippen LogP) is 2.73. The molecule has 0 saturated carbocycles. The maximum absolute atomic E-state index is 13.4. The Morgan fingerprint density at radius 2 is 1.48 bits per heavy atom. The van der Waals surface area contributed by atoms with Gasteiger partial charge in [-0.3, -0.25) is 9.59 Å². The van der Waals surface area contributed by atoms with Gasteiger partial charge in [-0.2, -0.15) is 0 Å². The Kier molecular flexibility index (Phi) is 7.42. The number of carbonyl (C=O) groups excluding carboxylic acids is 2. The Hall–Kier alpha value is -2.66. The van der Waals surface area contributed by atoms with Crippen LogP contribution in [0.15, 0.2) is 60.7 Å². The molecule has 29 heavy (non-hydrogen) atoms. The molecule has 1 heterocycles. The summed E-state index contributed by atoms with van der Waals surface area (Å²) < 4.78 is 0. The monoisotopic (exact) mass is 393 g/mol. The van der Waals surface area contributed by atoms with E-state index in [9.17, 15) is 9.59 Å². The molecule has 1 aliphatic heterocycles. The smallest absolute Gasteiger partial charge is 0.234 e. The van der Waals surface area contributed by atoms with Gasteiger partial charge in [0.25, 0.3) is 0 Å². The number of nitrogens with zero attached hydrogens (tertiary/aromatic N) is 2. The molecule has 0 atom stereocenters. The molecule has 1 saturated heterocycles. The Morgan fingerprint density at radius 3 is 1.97 bits per heavy atom. The van der Waals surface area contributed by atoms with E-state index in [-0.39, 0.29) is 23.7 Å². The van der Waals surface area contributed by atoms with Crippen molar-refractivity contribution in [1.29, 1.82) is 0 Å². The second-order valence-corrected chi connectivity index (χ2v) is 7.95. The Bertz CT molecular complexity index is 745. The first-order chi connectivity index (χ1) is 14.1. The zero-order chi connectivity index (χ0) is 20.6. The summed E-state index contributed by atoms with van der Waals surface area (Å²) in [7, 11) is 3.98. The van der Waals surface area contributed by atoms with Crippen LogP contribution in [0.2, 0.25) is 0 Å². The summed E-state index contributed by atoms with van der Waals surface area (Å²) in [5.41, 5.74) is 2.01. The van der Waals surface area contributed by atoms with Gasteiger partial charge in [-0.05, 0) is 38.1 Å². The lowest BCUT2D eigenvalue weighted by Gasteiger charge is -2.34. The summed E-state index contributed by atoms with van der Waals surface area (Å²) >= 11 is 0. The molecule has 0 radical (unpaired) electrons. The summed E-state index contributed by atoms with van der Waals surface area (Å²) in [4.78, 5) is 29.8. The fraction of sp³-hybridized carbons (Fsp3) is 0.417. The second-order valence-electron chi connectivity index (χ2n) is 7.95. The van der Waals surface area contributed by atoms with E-state index in [1.165, 1.54) is 0 Å². The zero-order valence-electron chi connectivity index (χ0n) is 17.4. The number of benzene rings is 2. The highest BCUT2D eigenvalue weighted by Gasteiger charge is 2.32. The maximum atomic E-state index is 13.4. The molecule has 0 aliphatic carbocycles. The standard InChI is InChI=1S/C24H31N3O2/c1-26(2)18-15-25-23(28)21-13-16-27(17-14-21)24(29)22(19-9-5-3-6-10-19)20-11-7-4-8-12-20/h3-12,21-22H,13-18H2,1-2H3,(H,25,28). The number of carbonyl (C=O) groups is 2. The molecule has 0 bridgehead atoms. The first-order valence-corrected chi connectivity index (χ1v) is 10.4. The number of hydrogen-bond acceptors (Lipinski definition) is 3. The molecule has 3 rings (SSSR count). The Balaban J connectivity index is 1.64. The van der Waals surface area contributed by atoms with Crippen molar-refractivity contribution in [2.75, 3.05) is 40.3 Å². The van der Waals surface area contributed by atoms with Crippen molar-refractivity contribution in [3.05, 3.63) is 71.8 Å². The molecular weight excluding hydrogens is 362 g/mol. The molecule has 1 aliphatic rings. The summed E-state index contributed by atoms with van der Waals surface area (Å²) in [6, 6.07) is 19.9. The fourth-order valence-electron chi connectivity index (χ4n) is 3.86. The summed E-state index contributed by atoms with van der Waals surface area (Å²) in [5, 5.41) is 3.02. The molecule has 154 valence electrons. The molecule has 0 unspecified atom stereocenters. The van der Waals surface area contributed by atoms with Crippen LogP contribution in [0.25, 0.3) is 0 Å². The van der Waals surface area contributed by atoms with Gasteiger partial charge < -0.3 is 15.1 Å². The summed E-state index contributed by atoms with van der Waals surface area (Å²) in [6.45, 7) is 2.75. The second kappa shape index (κ2) is 10.2. The van der Waals surface area contributed by atoms with Crippen molar-refractivity contribution in [2.45, 2.75) is 18.8 Å². The third kappa shape index (κ3) is 5.67. The highest BCUT2D eigenvalue weighted by atomic mass is 16.2. The number of rotatable bonds is 7. The summed E-state index contributed by atoms with van der Waals surface area (Å²) in [6.07, 6.45) is 1.44. The maximum Gasteiger partial charge on any atom is 0.234 e. The number of likely N-dealkylation sites (N-methyl/N-ethyl adjacent to an activating group) is 1. The van der Waals surface area contributed by atoms with Gasteiger partial charge in [-0.25, -0.2) is 0 Å². The van der Waals surface area contributed by atoms with E-state index < -0.39 is 0 Å². The van der Waals surface area contributed by atoms with Crippen LogP contribution in [0.1, 0.15) is 29.9 Å². The van der Waals surface area contributed by atoms with E-state index in [1.807, 2.05) is 79.7 Å². The van der Waals surface area contributed by atoms with Crippen molar-refractivity contribution in [3.63, 3.8) is 0 Å². The predicted molar refractivity (Wildman–Crippen MR) is 116 cm³/mol. The highest BCUT2D eigenvalue weighted by Crippen LogP contribution is 2.29. The van der Waals surface area contributed by atoms with Gasteiger partial charge in [0.15, 0.2) is 0 Å². The molecule has 2 amide bonds. The van der Waals surface area contributed by atoms with Crippen molar-refractivity contribution in [1.82, 2.24) is 15.1 Å². The third-order valence-corrected chi connectivity index (χ3v) is 5.55. The first kappa shape index (κ1) is 21.1. The Morgan fingerprint density at radius 1 is 0.966 bits per heavy atom. The van der Waals surface area contributed by atoms with Crippen molar-refractivity contribution in [3.8, 4) is 0 Å². The molecule has 0 spiro atoms. The SMILES string of the molecule is CN(C)CCNC(=O)C1CCN(C(=O)C(c2ccccc2)c2ccccc2)CC1. The van der Waals surface area contributed by atoms with Crippen LogP contribution in [0.3, 0.4) is 0 Å². The van der Waals surface area contributed by atoms with Crippen LogP contribution in [0, 0.1) is 5.92 Å². The minimum atomic E-state index is -0.303. The van der Waals surface area contributed by atoms with Crippen LogP contribution < -0.4 is 5.32 Å². The third-order valence-electron chi connectivity index (χ3n) is 5.55. The number of amides is 2. The Labute approximate surface area is 173 Å². The van der Waals surface area contributed by atoms with Gasteiger partial charge in [-0.1, -0.05) is 60.7 Å². The molecule has 0 aromatic heterocycles. The van der Waals surface area contributed by atoms with E-state index in [1.54, 1.807) is 0 Å². The van der Waals surface area contributed by atoms with Gasteiger partial charge in [0.2, 0.25) is 11.8 Å². The molecule has 1 fully saturated rings. The lowest BCUT2D eigenvalue weighted by Crippen LogP contribution is -2.45. The normalized spacial score (nSPS) is 15.0. The van der Waals surface area contributed by atoms with Gasteiger partial charge >= 0.3 is 0 Å². The van der Waals surface area contributed by atoms with Crippen molar-refractivity contribution >= 4 is 11.8 Å². The van der Waals surface area contributed by atoms with Crippen LogP contribution >= 0.6 is 0 Å². The van der Waals surface area contributed by atoms with E-state index in [0.29, 0.717) is 19.6 Å². The van der Waals surface area contributed by atoms with E-state index in [2.05, 4.69) is 10.2 Å². The van der Waals surface area contributed by atoms with Gasteiger partial charge in [0.05, 0.1) is 5.92 Å². The molecule has 5 heteroatoms. The van der Waals surface area contributed by atoms with Gasteiger partial charge in [0, 0.05) is 32.1 Å². The number of hydrogen-bond donors (Lipinski definition) is 1. The van der Waals surface area contributed by atoms with Crippen LogP contribution in [-0.4, -0.2) is 61.9 Å². The van der Waals surface area contributed by atoms with E-state index >= 15 is 0 Å². The molecule has 1 N–H and O–H groups in total. The molecule has 2 aromatic rings. The number of nitrogens with one attached hydrogen (secondary N) is 1. The first-order valence-electron chi connectivity index (χ1n) is 10.4. The van der Waals surface area contributed by atoms with E-state index in [0.717, 1.165) is 30.5 Å². The van der Waals surface area contributed by atoms with Crippen molar-refractivity contribution in [2.24, 2.45) is 5.92 Å². The quantitative estimate of drug-likeness (QED) is 0.787.